The molecule has 1 aliphatic heterocycles. The fourth-order valence-corrected chi connectivity index (χ4v) is 3.96. The quantitative estimate of drug-likeness (QED) is 0.894. The lowest BCUT2D eigenvalue weighted by Crippen LogP contribution is -2.39. The molecule has 0 spiro atoms. The van der Waals surface area contributed by atoms with Crippen molar-refractivity contribution in [1.82, 2.24) is 0 Å². The number of hydrogen-bond acceptors (Lipinski definition) is 3. The SMILES string of the molecule is O=C(O)C1(c2c(Br)ccc3c2OCCO3)CCCCC1. The van der Waals surface area contributed by atoms with E-state index in [1.165, 1.54) is 0 Å². The molecule has 1 heterocycles. The minimum atomic E-state index is -0.858. The maximum Gasteiger partial charge on any atom is 0.314 e. The van der Waals surface area contributed by atoms with Crippen LogP contribution in [0, 0.1) is 0 Å². The normalized spacial score (nSPS) is 20.4. The Morgan fingerprint density at radius 1 is 1.15 bits per heavy atom. The van der Waals surface area contributed by atoms with Crippen molar-refractivity contribution in [3.8, 4) is 11.5 Å². The van der Waals surface area contributed by atoms with Crippen LogP contribution in [0.3, 0.4) is 0 Å². The number of ether oxygens (including phenoxy) is 2. The van der Waals surface area contributed by atoms with Crippen molar-refractivity contribution in [3.63, 3.8) is 0 Å². The van der Waals surface area contributed by atoms with Crippen molar-refractivity contribution in [1.29, 1.82) is 0 Å². The van der Waals surface area contributed by atoms with Gasteiger partial charge < -0.3 is 14.6 Å². The lowest BCUT2D eigenvalue weighted by atomic mass is 9.69. The van der Waals surface area contributed by atoms with Gasteiger partial charge in [-0.2, -0.15) is 0 Å². The molecule has 108 valence electrons. The molecule has 0 unspecified atom stereocenters. The molecule has 20 heavy (non-hydrogen) atoms. The predicted molar refractivity (Wildman–Crippen MR) is 77.5 cm³/mol. The van der Waals surface area contributed by atoms with Crippen LogP contribution in [-0.2, 0) is 10.2 Å². The Hall–Kier alpha value is -1.23. The highest BCUT2D eigenvalue weighted by Crippen LogP contribution is 2.50. The van der Waals surface area contributed by atoms with E-state index in [-0.39, 0.29) is 0 Å². The van der Waals surface area contributed by atoms with Crippen LogP contribution in [0.25, 0.3) is 0 Å². The Labute approximate surface area is 126 Å². The molecular formula is C15H17BrO4. The number of aliphatic carboxylic acids is 1. The zero-order valence-electron chi connectivity index (χ0n) is 11.2. The molecule has 0 radical (unpaired) electrons. The summed E-state index contributed by atoms with van der Waals surface area (Å²) in [4.78, 5) is 12.0. The summed E-state index contributed by atoms with van der Waals surface area (Å²) in [5.74, 6) is 0.496. The van der Waals surface area contributed by atoms with Gasteiger partial charge in [0.2, 0.25) is 0 Å². The van der Waals surface area contributed by atoms with Gasteiger partial charge in [0.25, 0.3) is 0 Å². The second kappa shape index (κ2) is 5.28. The minimum Gasteiger partial charge on any atom is -0.486 e. The van der Waals surface area contributed by atoms with Gasteiger partial charge in [-0.25, -0.2) is 0 Å². The van der Waals surface area contributed by atoms with Crippen molar-refractivity contribution in [2.24, 2.45) is 0 Å². The molecule has 0 saturated heterocycles. The molecule has 0 aromatic heterocycles. The average Bonchev–Trinajstić information content (AvgIpc) is 2.47. The van der Waals surface area contributed by atoms with E-state index in [1.807, 2.05) is 12.1 Å². The summed E-state index contributed by atoms with van der Waals surface area (Å²) < 4.78 is 12.1. The van der Waals surface area contributed by atoms with Crippen LogP contribution in [0.4, 0.5) is 0 Å². The van der Waals surface area contributed by atoms with Crippen LogP contribution in [0.5, 0.6) is 11.5 Å². The van der Waals surface area contributed by atoms with Gasteiger partial charge in [0.1, 0.15) is 13.2 Å². The molecule has 1 aromatic rings. The van der Waals surface area contributed by atoms with E-state index < -0.39 is 11.4 Å². The van der Waals surface area contributed by atoms with E-state index in [2.05, 4.69) is 15.9 Å². The van der Waals surface area contributed by atoms with Crippen LogP contribution in [0.15, 0.2) is 16.6 Å². The van der Waals surface area contributed by atoms with E-state index in [1.54, 1.807) is 0 Å². The van der Waals surface area contributed by atoms with Crippen molar-refractivity contribution < 1.29 is 19.4 Å². The van der Waals surface area contributed by atoms with Crippen LogP contribution < -0.4 is 9.47 Å². The first-order chi connectivity index (χ1) is 9.65. The van der Waals surface area contributed by atoms with E-state index in [0.717, 1.165) is 29.3 Å². The summed E-state index contributed by atoms with van der Waals surface area (Å²) in [6.45, 7) is 0.973. The Morgan fingerprint density at radius 2 is 1.85 bits per heavy atom. The fraction of sp³-hybridized carbons (Fsp3) is 0.533. The van der Waals surface area contributed by atoms with Crippen molar-refractivity contribution in [2.45, 2.75) is 37.5 Å². The third-order valence-corrected chi connectivity index (χ3v) is 4.91. The van der Waals surface area contributed by atoms with Crippen molar-refractivity contribution in [3.05, 3.63) is 22.2 Å². The Bertz CT molecular complexity index is 535. The van der Waals surface area contributed by atoms with Crippen LogP contribution >= 0.6 is 15.9 Å². The Morgan fingerprint density at radius 3 is 2.55 bits per heavy atom. The number of rotatable bonds is 2. The van der Waals surface area contributed by atoms with Gasteiger partial charge in [-0.3, -0.25) is 4.79 Å². The lowest BCUT2D eigenvalue weighted by Gasteiger charge is -2.36. The second-order valence-corrected chi connectivity index (χ2v) is 6.25. The minimum absolute atomic E-state index is 0.464. The molecule has 1 N–H and O–H groups in total. The average molecular weight is 341 g/mol. The number of carbonyl (C=O) groups is 1. The summed E-state index contributed by atoms with van der Waals surface area (Å²) >= 11 is 3.52. The van der Waals surface area contributed by atoms with Crippen LogP contribution in [-0.4, -0.2) is 24.3 Å². The first-order valence-electron chi connectivity index (χ1n) is 6.97. The summed E-state index contributed by atoms with van der Waals surface area (Å²) in [6, 6.07) is 3.70. The van der Waals surface area contributed by atoms with Gasteiger partial charge >= 0.3 is 5.97 Å². The number of fused-ring (bicyclic) bond motifs is 1. The van der Waals surface area contributed by atoms with Crippen molar-refractivity contribution in [2.75, 3.05) is 13.2 Å². The molecule has 0 atom stereocenters. The van der Waals surface area contributed by atoms with Gasteiger partial charge in [-0.15, -0.1) is 0 Å². The number of carboxylic acid groups (broad SMARTS) is 1. The summed E-state index contributed by atoms with van der Waals surface area (Å²) in [5.41, 5.74) is -0.106. The van der Waals surface area contributed by atoms with Crippen LogP contribution in [0.1, 0.15) is 37.7 Å². The smallest absolute Gasteiger partial charge is 0.314 e. The fourth-order valence-electron chi connectivity index (χ4n) is 3.26. The predicted octanol–water partition coefficient (Wildman–Crippen LogP) is 3.51. The summed E-state index contributed by atoms with van der Waals surface area (Å²) in [5, 5.41) is 9.85. The molecule has 3 rings (SSSR count). The first kappa shape index (κ1) is 13.7. The molecule has 1 saturated carbocycles. The van der Waals surface area contributed by atoms with Gasteiger partial charge in [0, 0.05) is 10.0 Å². The zero-order chi connectivity index (χ0) is 14.2. The first-order valence-corrected chi connectivity index (χ1v) is 7.76. The van der Waals surface area contributed by atoms with Crippen LogP contribution in [0.2, 0.25) is 0 Å². The summed E-state index contributed by atoms with van der Waals surface area (Å²) in [7, 11) is 0. The largest absolute Gasteiger partial charge is 0.486 e. The topological polar surface area (TPSA) is 55.8 Å². The van der Waals surface area contributed by atoms with E-state index in [0.29, 0.717) is 37.6 Å². The Balaban J connectivity index is 2.18. The lowest BCUT2D eigenvalue weighted by molar-refractivity contribution is -0.145. The highest BCUT2D eigenvalue weighted by atomic mass is 79.9. The molecule has 1 fully saturated rings. The molecule has 0 bridgehead atoms. The second-order valence-electron chi connectivity index (χ2n) is 5.39. The molecule has 4 nitrogen and oxygen atoms in total. The third kappa shape index (κ3) is 2.08. The standard InChI is InChI=1S/C15H17BrO4/c16-10-4-5-11-13(20-9-8-19-11)12(10)15(14(17)18)6-2-1-3-7-15/h4-5H,1-3,6-9H2,(H,17,18). The number of carboxylic acids is 1. The number of halogens is 1. The highest BCUT2D eigenvalue weighted by Gasteiger charge is 2.45. The molecule has 5 heteroatoms. The van der Waals surface area contributed by atoms with Gasteiger partial charge in [0.05, 0.1) is 5.41 Å². The molecule has 1 aromatic carbocycles. The molecular weight excluding hydrogens is 324 g/mol. The van der Waals surface area contributed by atoms with E-state index >= 15 is 0 Å². The third-order valence-electron chi connectivity index (χ3n) is 4.25. The number of hydrogen-bond donors (Lipinski definition) is 1. The zero-order valence-corrected chi connectivity index (χ0v) is 12.7. The van der Waals surface area contributed by atoms with Gasteiger partial charge in [0.15, 0.2) is 11.5 Å². The molecule has 0 amide bonds. The van der Waals surface area contributed by atoms with Crippen molar-refractivity contribution >= 4 is 21.9 Å². The van der Waals surface area contributed by atoms with E-state index in [4.69, 9.17) is 9.47 Å². The summed E-state index contributed by atoms with van der Waals surface area (Å²) in [6.07, 6.45) is 4.27. The number of benzene rings is 1. The van der Waals surface area contributed by atoms with E-state index in [9.17, 15) is 9.90 Å². The Kier molecular flexibility index (Phi) is 3.63. The maximum atomic E-state index is 12.0. The van der Waals surface area contributed by atoms with Gasteiger partial charge in [-0.05, 0) is 25.0 Å². The maximum absolute atomic E-state index is 12.0. The monoisotopic (exact) mass is 340 g/mol. The molecule has 2 aliphatic rings. The molecule has 1 aliphatic carbocycles. The van der Waals surface area contributed by atoms with Gasteiger partial charge in [-0.1, -0.05) is 35.2 Å². The highest BCUT2D eigenvalue weighted by molar-refractivity contribution is 9.10.